The van der Waals surface area contributed by atoms with Crippen molar-refractivity contribution < 1.29 is 9.53 Å². The van der Waals surface area contributed by atoms with Crippen molar-refractivity contribution in [1.82, 2.24) is 24.6 Å². The monoisotopic (exact) mass is 505 g/mol. The van der Waals surface area contributed by atoms with Crippen LogP contribution in [0.15, 0.2) is 42.9 Å². The molecule has 2 aliphatic rings. The molecule has 36 heavy (non-hydrogen) atoms. The Morgan fingerprint density at radius 2 is 1.92 bits per heavy atom. The summed E-state index contributed by atoms with van der Waals surface area (Å²) in [4.78, 5) is 24.3. The molecule has 0 atom stereocenters. The van der Waals surface area contributed by atoms with Crippen LogP contribution >= 0.6 is 11.6 Å². The Morgan fingerprint density at radius 1 is 1.14 bits per heavy atom. The van der Waals surface area contributed by atoms with E-state index in [0.717, 1.165) is 57.7 Å². The number of morpholine rings is 1. The predicted octanol–water partition coefficient (Wildman–Crippen LogP) is 3.91. The molecule has 1 amide bonds. The Labute approximate surface area is 215 Å². The van der Waals surface area contributed by atoms with Crippen molar-refractivity contribution in [2.45, 2.75) is 44.1 Å². The molecule has 0 radical (unpaired) electrons. The first-order valence-electron chi connectivity index (χ1n) is 12.2. The third-order valence-electron chi connectivity index (χ3n) is 7.28. The van der Waals surface area contributed by atoms with Crippen molar-refractivity contribution in [3.8, 4) is 11.9 Å². The van der Waals surface area contributed by atoms with Gasteiger partial charge in [0.05, 0.1) is 64.8 Å². The van der Waals surface area contributed by atoms with Crippen LogP contribution in [0.3, 0.4) is 0 Å². The van der Waals surface area contributed by atoms with E-state index in [2.05, 4.69) is 31.4 Å². The Morgan fingerprint density at radius 3 is 2.56 bits per heavy atom. The van der Waals surface area contributed by atoms with Crippen LogP contribution in [0, 0.1) is 18.3 Å². The van der Waals surface area contributed by atoms with Gasteiger partial charge in [-0.2, -0.15) is 10.4 Å². The summed E-state index contributed by atoms with van der Waals surface area (Å²) < 4.78 is 7.07. The predicted molar refractivity (Wildman–Crippen MR) is 135 cm³/mol. The van der Waals surface area contributed by atoms with Gasteiger partial charge in [0.2, 0.25) is 0 Å². The van der Waals surface area contributed by atoms with Gasteiger partial charge in [0.1, 0.15) is 0 Å². The first-order valence-corrected chi connectivity index (χ1v) is 12.5. The van der Waals surface area contributed by atoms with Gasteiger partial charge in [-0.25, -0.2) is 9.67 Å². The molecule has 1 N–H and O–H groups in total. The molecular formula is C26H28ClN7O2. The van der Waals surface area contributed by atoms with E-state index < -0.39 is 5.41 Å². The van der Waals surface area contributed by atoms with Crippen LogP contribution in [0.4, 0.5) is 5.69 Å². The van der Waals surface area contributed by atoms with Crippen LogP contribution in [0.2, 0.25) is 5.02 Å². The van der Waals surface area contributed by atoms with Crippen LogP contribution in [-0.2, 0) is 10.2 Å². The van der Waals surface area contributed by atoms with E-state index in [1.54, 1.807) is 23.0 Å². The number of pyridine rings is 2. The van der Waals surface area contributed by atoms with Crippen molar-refractivity contribution in [1.29, 1.82) is 5.26 Å². The second-order valence-corrected chi connectivity index (χ2v) is 9.79. The highest BCUT2D eigenvalue weighted by molar-refractivity contribution is 6.30. The molecule has 9 nitrogen and oxygen atoms in total. The van der Waals surface area contributed by atoms with E-state index in [0.29, 0.717) is 33.8 Å². The number of ether oxygens (including phenoxy) is 1. The van der Waals surface area contributed by atoms with E-state index in [-0.39, 0.29) is 5.91 Å². The maximum Gasteiger partial charge on any atom is 0.259 e. The standard InChI is InChI=1S/C26H28ClN7O2/c1-18-22(16-31-34(18)24-5-2-19(27)14-30-24)25(35)32-20-3-4-23(29-15-20)26(17-28)8-6-21(7-9-26)33-10-12-36-13-11-33/h2-5,14-16,21H,6-13H2,1H3,(H,32,35). The molecule has 1 saturated heterocycles. The summed E-state index contributed by atoms with van der Waals surface area (Å²) in [7, 11) is 0. The molecular weight excluding hydrogens is 478 g/mol. The summed E-state index contributed by atoms with van der Waals surface area (Å²) in [5.41, 5.74) is 1.84. The minimum absolute atomic E-state index is 0.289. The van der Waals surface area contributed by atoms with Gasteiger partial charge in [0.25, 0.3) is 5.91 Å². The van der Waals surface area contributed by atoms with Gasteiger partial charge in [0.15, 0.2) is 5.82 Å². The van der Waals surface area contributed by atoms with E-state index in [1.165, 1.54) is 12.4 Å². The fraction of sp³-hybridized carbons (Fsp3) is 0.423. The van der Waals surface area contributed by atoms with Crippen LogP contribution < -0.4 is 5.32 Å². The second kappa shape index (κ2) is 10.3. The van der Waals surface area contributed by atoms with Crippen LogP contribution in [0.25, 0.3) is 5.82 Å². The number of aromatic nitrogens is 4. The zero-order valence-corrected chi connectivity index (χ0v) is 20.9. The summed E-state index contributed by atoms with van der Waals surface area (Å²) in [6.07, 6.45) is 8.18. The van der Waals surface area contributed by atoms with Crippen LogP contribution in [0.5, 0.6) is 0 Å². The number of nitrogens with one attached hydrogen (secondary N) is 1. The first kappa shape index (κ1) is 24.4. The third kappa shape index (κ3) is 4.85. The number of amides is 1. The number of hydrogen-bond acceptors (Lipinski definition) is 7. The van der Waals surface area contributed by atoms with Gasteiger partial charge in [-0.3, -0.25) is 14.7 Å². The molecule has 1 aliphatic carbocycles. The molecule has 0 spiro atoms. The molecule has 5 rings (SSSR count). The highest BCUT2D eigenvalue weighted by Gasteiger charge is 2.40. The van der Waals surface area contributed by atoms with Gasteiger partial charge in [0, 0.05) is 25.3 Å². The lowest BCUT2D eigenvalue weighted by Gasteiger charge is -2.41. The van der Waals surface area contributed by atoms with Crippen molar-refractivity contribution >= 4 is 23.2 Å². The third-order valence-corrected chi connectivity index (χ3v) is 7.50. The van der Waals surface area contributed by atoms with Gasteiger partial charge in [-0.1, -0.05) is 11.6 Å². The molecule has 0 bridgehead atoms. The maximum absolute atomic E-state index is 12.9. The van der Waals surface area contributed by atoms with Crippen molar-refractivity contribution in [2.24, 2.45) is 0 Å². The molecule has 186 valence electrons. The molecule has 3 aromatic rings. The molecule has 4 heterocycles. The average Bonchev–Trinajstić information content (AvgIpc) is 3.31. The van der Waals surface area contributed by atoms with Gasteiger partial charge in [-0.05, 0) is 56.9 Å². The lowest BCUT2D eigenvalue weighted by molar-refractivity contribution is 0.00493. The van der Waals surface area contributed by atoms with Crippen molar-refractivity contribution in [3.05, 3.63) is 64.8 Å². The average molecular weight is 506 g/mol. The fourth-order valence-corrected chi connectivity index (χ4v) is 5.25. The number of carbonyl (C=O) groups is 1. The molecule has 0 aromatic carbocycles. The quantitative estimate of drug-likeness (QED) is 0.559. The lowest BCUT2D eigenvalue weighted by Crippen LogP contribution is -2.47. The second-order valence-electron chi connectivity index (χ2n) is 9.35. The largest absolute Gasteiger partial charge is 0.379 e. The Kier molecular flexibility index (Phi) is 7.01. The van der Waals surface area contributed by atoms with Crippen LogP contribution in [0.1, 0.15) is 47.4 Å². The van der Waals surface area contributed by atoms with E-state index >= 15 is 0 Å². The number of anilines is 1. The Balaban J connectivity index is 1.25. The number of nitriles is 1. The summed E-state index contributed by atoms with van der Waals surface area (Å²) in [6, 6.07) is 10.2. The lowest BCUT2D eigenvalue weighted by atomic mass is 9.71. The van der Waals surface area contributed by atoms with E-state index in [4.69, 9.17) is 16.3 Å². The maximum atomic E-state index is 12.9. The molecule has 1 saturated carbocycles. The van der Waals surface area contributed by atoms with Crippen molar-refractivity contribution in [3.63, 3.8) is 0 Å². The first-order chi connectivity index (χ1) is 17.5. The highest BCUT2D eigenvalue weighted by atomic mass is 35.5. The number of rotatable bonds is 5. The number of halogens is 1. The fourth-order valence-electron chi connectivity index (χ4n) is 5.13. The number of carbonyl (C=O) groups excluding carboxylic acids is 1. The summed E-state index contributed by atoms with van der Waals surface area (Å²) in [6.45, 7) is 5.31. The van der Waals surface area contributed by atoms with Crippen molar-refractivity contribution in [2.75, 3.05) is 31.6 Å². The normalized spacial score (nSPS) is 22.6. The SMILES string of the molecule is Cc1c(C(=O)Nc2ccc(C3(C#N)CCC(N4CCOCC4)CC3)nc2)cnn1-c1ccc(Cl)cn1. The summed E-state index contributed by atoms with van der Waals surface area (Å²) in [5.74, 6) is 0.287. The summed E-state index contributed by atoms with van der Waals surface area (Å²) in [5, 5.41) is 17.8. The smallest absolute Gasteiger partial charge is 0.259 e. The minimum atomic E-state index is -0.589. The molecule has 10 heteroatoms. The Bertz CT molecular complexity index is 1250. The summed E-state index contributed by atoms with van der Waals surface area (Å²) >= 11 is 5.92. The van der Waals surface area contributed by atoms with E-state index in [1.807, 2.05) is 19.1 Å². The van der Waals surface area contributed by atoms with Crippen LogP contribution in [-0.4, -0.2) is 62.9 Å². The zero-order chi connectivity index (χ0) is 25.1. The zero-order valence-electron chi connectivity index (χ0n) is 20.2. The van der Waals surface area contributed by atoms with E-state index in [9.17, 15) is 10.1 Å². The van der Waals surface area contributed by atoms with Gasteiger partial charge >= 0.3 is 0 Å². The topological polar surface area (TPSA) is 109 Å². The highest BCUT2D eigenvalue weighted by Crippen LogP contribution is 2.40. The number of hydrogen-bond donors (Lipinski definition) is 1. The Hall–Kier alpha value is -3.32. The molecule has 0 unspecified atom stereocenters. The molecule has 3 aromatic heterocycles. The molecule has 2 fully saturated rings. The number of nitrogens with zero attached hydrogens (tertiary/aromatic N) is 6. The molecule has 1 aliphatic heterocycles. The van der Waals surface area contributed by atoms with Gasteiger partial charge < -0.3 is 10.1 Å². The van der Waals surface area contributed by atoms with Gasteiger partial charge in [-0.15, -0.1) is 0 Å². The minimum Gasteiger partial charge on any atom is -0.379 e.